The largest absolute Gasteiger partial charge is 0.352 e. The lowest BCUT2D eigenvalue weighted by molar-refractivity contribution is -0.141. The molecule has 0 bridgehead atoms. The van der Waals surface area contributed by atoms with Gasteiger partial charge in [-0.15, -0.1) is 0 Å². The zero-order valence-electron chi connectivity index (χ0n) is 22.6. The molecule has 1 aliphatic rings. The van der Waals surface area contributed by atoms with Crippen molar-refractivity contribution in [2.24, 2.45) is 0 Å². The third-order valence-corrected chi connectivity index (χ3v) is 8.16. The number of hydrogen-bond donors (Lipinski definition) is 1. The minimum Gasteiger partial charge on any atom is -0.352 e. The number of anilines is 1. The van der Waals surface area contributed by atoms with Gasteiger partial charge < -0.3 is 10.2 Å². The fraction of sp³-hybridized carbons (Fsp3) is 0.517. The summed E-state index contributed by atoms with van der Waals surface area (Å²) in [6, 6.07) is 14.9. The fourth-order valence-corrected chi connectivity index (χ4v) is 5.98. The lowest BCUT2D eigenvalue weighted by atomic mass is 9.95. The Hall–Kier alpha value is -2.87. The van der Waals surface area contributed by atoms with Crippen LogP contribution in [0.4, 0.5) is 5.69 Å². The standard InChI is InChI=1S/C29H41N3O4S/c1-22-18-23(2)20-27(19-22)32(37(4,35)36)17-11-16-28(33)31(21-25-12-7-5-8-13-25)24(3)29(34)30-26-14-9-6-10-15-26/h5,7-8,12-13,18-20,24,26H,6,9-11,14-17,21H2,1-4H3,(H,30,34)/t24-/m1/s1. The van der Waals surface area contributed by atoms with E-state index in [1.165, 1.54) is 17.0 Å². The minimum atomic E-state index is -3.52. The van der Waals surface area contributed by atoms with E-state index in [-0.39, 0.29) is 30.8 Å². The molecule has 2 aromatic carbocycles. The van der Waals surface area contributed by atoms with Gasteiger partial charge in [0.05, 0.1) is 11.9 Å². The molecule has 3 rings (SSSR count). The van der Waals surface area contributed by atoms with Crippen molar-refractivity contribution in [3.63, 3.8) is 0 Å². The number of carbonyl (C=O) groups is 2. The van der Waals surface area contributed by atoms with E-state index in [4.69, 9.17) is 0 Å². The van der Waals surface area contributed by atoms with Gasteiger partial charge in [0.15, 0.2) is 0 Å². The molecular formula is C29H41N3O4S. The van der Waals surface area contributed by atoms with E-state index in [1.54, 1.807) is 11.8 Å². The average Bonchev–Trinajstić information content (AvgIpc) is 2.84. The van der Waals surface area contributed by atoms with Crippen LogP contribution in [0, 0.1) is 13.8 Å². The maximum Gasteiger partial charge on any atom is 0.242 e. The topological polar surface area (TPSA) is 86.8 Å². The van der Waals surface area contributed by atoms with Crippen LogP contribution in [0.25, 0.3) is 0 Å². The second-order valence-corrected chi connectivity index (χ2v) is 12.2. The van der Waals surface area contributed by atoms with Crippen LogP contribution >= 0.6 is 0 Å². The second-order valence-electron chi connectivity index (χ2n) is 10.3. The number of carbonyl (C=O) groups excluding carboxylic acids is 2. The van der Waals surface area contributed by atoms with Gasteiger partial charge in [-0.05, 0) is 68.9 Å². The SMILES string of the molecule is Cc1cc(C)cc(N(CCCC(=O)N(Cc2ccccc2)[C@H](C)C(=O)NC2CCCCC2)S(C)(=O)=O)c1. The minimum absolute atomic E-state index is 0.135. The third kappa shape index (κ3) is 8.59. The molecule has 0 unspecified atom stereocenters. The van der Waals surface area contributed by atoms with Crippen molar-refractivity contribution >= 4 is 27.5 Å². The monoisotopic (exact) mass is 527 g/mol. The van der Waals surface area contributed by atoms with Crippen LogP contribution in [0.3, 0.4) is 0 Å². The smallest absolute Gasteiger partial charge is 0.242 e. The van der Waals surface area contributed by atoms with Crippen LogP contribution in [0.5, 0.6) is 0 Å². The molecule has 202 valence electrons. The summed E-state index contributed by atoms with van der Waals surface area (Å²) in [5, 5.41) is 3.15. The second kappa shape index (κ2) is 13.1. The Kier molecular flexibility index (Phi) is 10.1. The van der Waals surface area contributed by atoms with Crippen molar-refractivity contribution in [1.82, 2.24) is 10.2 Å². The van der Waals surface area contributed by atoms with E-state index < -0.39 is 16.1 Å². The Morgan fingerprint density at radius 2 is 1.62 bits per heavy atom. The number of rotatable bonds is 11. The lowest BCUT2D eigenvalue weighted by Crippen LogP contribution is -2.50. The third-order valence-electron chi connectivity index (χ3n) is 6.96. The van der Waals surface area contributed by atoms with E-state index in [2.05, 4.69) is 5.32 Å². The molecule has 1 N–H and O–H groups in total. The molecule has 37 heavy (non-hydrogen) atoms. The van der Waals surface area contributed by atoms with Gasteiger partial charge in [-0.2, -0.15) is 0 Å². The summed E-state index contributed by atoms with van der Waals surface area (Å²) >= 11 is 0. The highest BCUT2D eigenvalue weighted by Crippen LogP contribution is 2.23. The van der Waals surface area contributed by atoms with E-state index in [9.17, 15) is 18.0 Å². The molecule has 7 nitrogen and oxygen atoms in total. The first-order valence-corrected chi connectivity index (χ1v) is 15.1. The molecule has 0 saturated heterocycles. The van der Waals surface area contributed by atoms with Crippen LogP contribution in [-0.2, 0) is 26.2 Å². The highest BCUT2D eigenvalue weighted by molar-refractivity contribution is 7.92. The van der Waals surface area contributed by atoms with Gasteiger partial charge in [0.2, 0.25) is 21.8 Å². The number of sulfonamides is 1. The number of benzene rings is 2. The van der Waals surface area contributed by atoms with Gasteiger partial charge in [0, 0.05) is 25.6 Å². The van der Waals surface area contributed by atoms with Gasteiger partial charge in [-0.1, -0.05) is 55.7 Å². The first-order chi connectivity index (χ1) is 17.5. The summed E-state index contributed by atoms with van der Waals surface area (Å²) in [5.74, 6) is -0.298. The first kappa shape index (κ1) is 28.7. The molecule has 1 fully saturated rings. The van der Waals surface area contributed by atoms with Gasteiger partial charge in [-0.3, -0.25) is 13.9 Å². The van der Waals surface area contributed by atoms with Gasteiger partial charge in [-0.25, -0.2) is 8.42 Å². The molecular weight excluding hydrogens is 486 g/mol. The van der Waals surface area contributed by atoms with Crippen LogP contribution < -0.4 is 9.62 Å². The van der Waals surface area contributed by atoms with Crippen molar-refractivity contribution in [2.75, 3.05) is 17.1 Å². The summed E-state index contributed by atoms with van der Waals surface area (Å²) in [6.07, 6.45) is 7.06. The zero-order valence-corrected chi connectivity index (χ0v) is 23.4. The molecule has 2 amide bonds. The maximum absolute atomic E-state index is 13.4. The molecule has 2 aromatic rings. The predicted molar refractivity (Wildman–Crippen MR) is 149 cm³/mol. The van der Waals surface area contributed by atoms with Gasteiger partial charge >= 0.3 is 0 Å². The van der Waals surface area contributed by atoms with Crippen LogP contribution in [0.15, 0.2) is 48.5 Å². The molecule has 1 saturated carbocycles. The van der Waals surface area contributed by atoms with Gasteiger partial charge in [0.1, 0.15) is 6.04 Å². The number of aryl methyl sites for hydroxylation is 2. The summed E-state index contributed by atoms with van der Waals surface area (Å²) in [5.41, 5.74) is 3.51. The summed E-state index contributed by atoms with van der Waals surface area (Å²) in [6.45, 7) is 6.15. The summed E-state index contributed by atoms with van der Waals surface area (Å²) in [4.78, 5) is 28.2. The Bertz CT molecular complexity index is 1140. The van der Waals surface area contributed by atoms with Crippen molar-refractivity contribution < 1.29 is 18.0 Å². The number of nitrogens with one attached hydrogen (secondary N) is 1. The normalized spacial score (nSPS) is 15.1. The molecule has 8 heteroatoms. The van der Waals surface area contributed by atoms with E-state index in [0.29, 0.717) is 18.7 Å². The van der Waals surface area contributed by atoms with E-state index >= 15 is 0 Å². The lowest BCUT2D eigenvalue weighted by Gasteiger charge is -2.31. The molecule has 0 radical (unpaired) electrons. The zero-order chi connectivity index (χ0) is 27.0. The number of amides is 2. The Morgan fingerprint density at radius 3 is 2.22 bits per heavy atom. The maximum atomic E-state index is 13.4. The van der Waals surface area contributed by atoms with Crippen molar-refractivity contribution in [1.29, 1.82) is 0 Å². The highest BCUT2D eigenvalue weighted by atomic mass is 32.2. The van der Waals surface area contributed by atoms with Crippen LogP contribution in [0.2, 0.25) is 0 Å². The number of nitrogens with zero attached hydrogens (tertiary/aromatic N) is 2. The Labute approximate surface area is 222 Å². The first-order valence-electron chi connectivity index (χ1n) is 13.2. The molecule has 0 heterocycles. The van der Waals surface area contributed by atoms with Crippen molar-refractivity contribution in [3.8, 4) is 0 Å². The van der Waals surface area contributed by atoms with E-state index in [0.717, 1.165) is 42.4 Å². The van der Waals surface area contributed by atoms with E-state index in [1.807, 2.05) is 62.4 Å². The van der Waals surface area contributed by atoms with Crippen LogP contribution in [-0.4, -0.2) is 50.0 Å². The summed E-state index contributed by atoms with van der Waals surface area (Å²) in [7, 11) is -3.52. The predicted octanol–water partition coefficient (Wildman–Crippen LogP) is 4.72. The van der Waals surface area contributed by atoms with Crippen molar-refractivity contribution in [3.05, 3.63) is 65.2 Å². The average molecular weight is 528 g/mol. The Morgan fingerprint density at radius 1 is 1.00 bits per heavy atom. The Balaban J connectivity index is 1.71. The molecule has 1 aliphatic carbocycles. The molecule has 1 atom stereocenters. The van der Waals surface area contributed by atoms with Crippen molar-refractivity contribution in [2.45, 2.75) is 84.3 Å². The molecule has 0 aliphatic heterocycles. The van der Waals surface area contributed by atoms with Gasteiger partial charge in [0.25, 0.3) is 0 Å². The number of hydrogen-bond acceptors (Lipinski definition) is 4. The van der Waals surface area contributed by atoms with Crippen LogP contribution in [0.1, 0.15) is 68.6 Å². The summed E-state index contributed by atoms with van der Waals surface area (Å²) < 4.78 is 26.5. The molecule has 0 spiro atoms. The fourth-order valence-electron chi connectivity index (χ4n) is 5.03. The highest BCUT2D eigenvalue weighted by Gasteiger charge is 2.28. The quantitative estimate of drug-likeness (QED) is 0.458. The molecule has 0 aromatic heterocycles.